The van der Waals surface area contributed by atoms with E-state index in [4.69, 9.17) is 11.6 Å². The Morgan fingerprint density at radius 2 is 1.55 bits per heavy atom. The van der Waals surface area contributed by atoms with Crippen LogP contribution in [0.1, 0.15) is 48.0 Å². The van der Waals surface area contributed by atoms with Crippen LogP contribution >= 0.6 is 11.6 Å². The third kappa shape index (κ3) is 2.37. The molecule has 0 fully saturated rings. The van der Waals surface area contributed by atoms with Crippen LogP contribution in [-0.2, 0) is 0 Å². The first kappa shape index (κ1) is 11.3. The van der Waals surface area contributed by atoms with Gasteiger partial charge in [-0.25, -0.2) is 0 Å². The Bertz CT molecular complexity index is 119. The van der Waals surface area contributed by atoms with Gasteiger partial charge in [0.1, 0.15) is 0 Å². The van der Waals surface area contributed by atoms with Gasteiger partial charge in [0.25, 0.3) is 0 Å². The smallest absolute Gasteiger partial charge is 0.0492 e. The van der Waals surface area contributed by atoms with Gasteiger partial charge in [-0.2, -0.15) is 0 Å². The molecule has 0 amide bonds. The van der Waals surface area contributed by atoms with Gasteiger partial charge in [-0.1, -0.05) is 41.0 Å². The summed E-state index contributed by atoms with van der Waals surface area (Å²) in [5.74, 6) is 0.573. The van der Waals surface area contributed by atoms with Crippen molar-refractivity contribution in [3.63, 3.8) is 0 Å². The van der Waals surface area contributed by atoms with E-state index in [9.17, 15) is 0 Å². The van der Waals surface area contributed by atoms with Gasteiger partial charge in [0.15, 0.2) is 0 Å². The second kappa shape index (κ2) is 3.35. The van der Waals surface area contributed by atoms with E-state index in [2.05, 4.69) is 41.5 Å². The molecule has 2 unspecified atom stereocenters. The molecule has 0 nitrogen and oxygen atoms in total. The quantitative estimate of drug-likeness (QED) is 0.557. The Kier molecular flexibility index (Phi) is 3.43. The lowest BCUT2D eigenvalue weighted by molar-refractivity contribution is 0.215. The molecule has 0 aromatic heterocycles. The molecule has 0 bridgehead atoms. The lowest BCUT2D eigenvalue weighted by atomic mass is 9.73. The number of hydrogen-bond donors (Lipinski definition) is 0. The van der Waals surface area contributed by atoms with E-state index >= 15 is 0 Å². The average molecular weight is 177 g/mol. The van der Waals surface area contributed by atoms with Crippen molar-refractivity contribution in [2.24, 2.45) is 11.3 Å². The van der Waals surface area contributed by atoms with Crippen LogP contribution in [0.5, 0.6) is 0 Å². The molecule has 0 saturated heterocycles. The van der Waals surface area contributed by atoms with E-state index in [1.165, 1.54) is 0 Å². The predicted molar refractivity (Wildman–Crippen MR) is 53.2 cm³/mol. The van der Waals surface area contributed by atoms with Gasteiger partial charge in [-0.15, -0.1) is 11.6 Å². The second-order valence-corrected chi connectivity index (χ2v) is 5.42. The van der Waals surface area contributed by atoms with Crippen LogP contribution in [0.2, 0.25) is 0 Å². The van der Waals surface area contributed by atoms with Crippen LogP contribution in [0.4, 0.5) is 0 Å². The van der Waals surface area contributed by atoms with Crippen LogP contribution in [0.3, 0.4) is 0 Å². The topological polar surface area (TPSA) is 0 Å². The maximum Gasteiger partial charge on any atom is 0.0492 e. The van der Waals surface area contributed by atoms with Crippen molar-refractivity contribution in [3.05, 3.63) is 0 Å². The summed E-state index contributed by atoms with van der Waals surface area (Å²) in [4.78, 5) is -0.0816. The van der Waals surface area contributed by atoms with Crippen molar-refractivity contribution in [3.8, 4) is 0 Å². The first-order valence-electron chi connectivity index (χ1n) is 4.42. The van der Waals surface area contributed by atoms with Crippen molar-refractivity contribution in [2.45, 2.75) is 52.8 Å². The molecule has 0 saturated carbocycles. The summed E-state index contributed by atoms with van der Waals surface area (Å²) in [5.41, 5.74) is 0.185. The molecule has 68 valence electrons. The van der Waals surface area contributed by atoms with E-state index in [1.807, 2.05) is 0 Å². The molecule has 0 radical (unpaired) electrons. The summed E-state index contributed by atoms with van der Waals surface area (Å²) in [5, 5.41) is 0. The van der Waals surface area contributed by atoms with E-state index in [0.717, 1.165) is 6.42 Å². The first-order valence-corrected chi connectivity index (χ1v) is 4.80. The van der Waals surface area contributed by atoms with E-state index in [1.54, 1.807) is 0 Å². The van der Waals surface area contributed by atoms with Gasteiger partial charge in [-0.3, -0.25) is 0 Å². The fourth-order valence-corrected chi connectivity index (χ4v) is 1.28. The Morgan fingerprint density at radius 1 is 1.18 bits per heavy atom. The highest BCUT2D eigenvalue weighted by molar-refractivity contribution is 6.24. The molecule has 0 aliphatic carbocycles. The van der Waals surface area contributed by atoms with E-state index < -0.39 is 0 Å². The number of rotatable bonds is 2. The minimum Gasteiger partial charge on any atom is -0.119 e. The SMILES string of the molecule is CCC(C)C(C)(Cl)C(C)(C)C. The molecule has 0 spiro atoms. The molecule has 11 heavy (non-hydrogen) atoms. The van der Waals surface area contributed by atoms with Gasteiger partial charge in [-0.05, 0) is 18.3 Å². The molecule has 1 heteroatoms. The maximum atomic E-state index is 6.46. The largest absolute Gasteiger partial charge is 0.119 e. The summed E-state index contributed by atoms with van der Waals surface area (Å²) < 4.78 is 0. The van der Waals surface area contributed by atoms with Crippen molar-refractivity contribution < 1.29 is 0 Å². The predicted octanol–water partition coefficient (Wildman–Crippen LogP) is 4.08. The minimum atomic E-state index is -0.0816. The molecule has 0 N–H and O–H groups in total. The van der Waals surface area contributed by atoms with Crippen molar-refractivity contribution >= 4 is 11.6 Å². The normalized spacial score (nSPS) is 21.0. The summed E-state index contributed by atoms with van der Waals surface area (Å²) in [6.45, 7) is 13.2. The average Bonchev–Trinajstić information content (AvgIpc) is 1.83. The zero-order chi connectivity index (χ0) is 9.28. The van der Waals surface area contributed by atoms with Crippen LogP contribution in [0, 0.1) is 11.3 Å². The lowest BCUT2D eigenvalue weighted by Gasteiger charge is -2.41. The van der Waals surface area contributed by atoms with E-state index in [0.29, 0.717) is 5.92 Å². The minimum absolute atomic E-state index is 0.0816. The molecule has 0 aromatic carbocycles. The Hall–Kier alpha value is 0.290. The monoisotopic (exact) mass is 176 g/mol. The third-order valence-corrected chi connectivity index (χ3v) is 3.94. The maximum absolute atomic E-state index is 6.46. The fourth-order valence-electron chi connectivity index (χ4n) is 1.12. The zero-order valence-electron chi connectivity index (χ0n) is 8.66. The standard InChI is InChI=1S/C10H21Cl/c1-7-8(2)10(6,11)9(3,4)5/h8H,7H2,1-6H3. The van der Waals surface area contributed by atoms with Crippen molar-refractivity contribution in [1.82, 2.24) is 0 Å². The number of hydrogen-bond acceptors (Lipinski definition) is 0. The van der Waals surface area contributed by atoms with Gasteiger partial charge in [0, 0.05) is 4.87 Å². The lowest BCUT2D eigenvalue weighted by Crippen LogP contribution is -2.39. The van der Waals surface area contributed by atoms with Crippen LogP contribution in [0.25, 0.3) is 0 Å². The van der Waals surface area contributed by atoms with Gasteiger partial charge in [0.05, 0.1) is 0 Å². The van der Waals surface area contributed by atoms with Gasteiger partial charge < -0.3 is 0 Å². The molecule has 0 heterocycles. The summed E-state index contributed by atoms with van der Waals surface area (Å²) >= 11 is 6.46. The highest BCUT2D eigenvalue weighted by Gasteiger charge is 2.39. The molecule has 0 aliphatic heterocycles. The summed E-state index contributed by atoms with van der Waals surface area (Å²) in [6, 6.07) is 0. The zero-order valence-corrected chi connectivity index (χ0v) is 9.42. The fraction of sp³-hybridized carbons (Fsp3) is 1.00. The van der Waals surface area contributed by atoms with Crippen molar-refractivity contribution in [1.29, 1.82) is 0 Å². The van der Waals surface area contributed by atoms with E-state index in [-0.39, 0.29) is 10.3 Å². The van der Waals surface area contributed by atoms with Crippen LogP contribution < -0.4 is 0 Å². The second-order valence-electron chi connectivity index (χ2n) is 4.63. The Morgan fingerprint density at radius 3 is 1.64 bits per heavy atom. The Balaban J connectivity index is 4.45. The highest BCUT2D eigenvalue weighted by Crippen LogP contribution is 2.42. The van der Waals surface area contributed by atoms with Gasteiger partial charge in [0.2, 0.25) is 0 Å². The number of alkyl halides is 1. The number of halogens is 1. The highest BCUT2D eigenvalue weighted by atomic mass is 35.5. The Labute approximate surface area is 76.3 Å². The van der Waals surface area contributed by atoms with Crippen LogP contribution in [0.15, 0.2) is 0 Å². The molecular weight excluding hydrogens is 156 g/mol. The molecular formula is C10H21Cl. The molecule has 0 rings (SSSR count). The van der Waals surface area contributed by atoms with Gasteiger partial charge >= 0.3 is 0 Å². The summed E-state index contributed by atoms with van der Waals surface area (Å²) in [7, 11) is 0. The molecule has 2 atom stereocenters. The molecule has 0 aromatic rings. The van der Waals surface area contributed by atoms with Crippen LogP contribution in [-0.4, -0.2) is 4.87 Å². The first-order chi connectivity index (χ1) is 4.73. The third-order valence-electron chi connectivity index (χ3n) is 3.00. The van der Waals surface area contributed by atoms with Crippen molar-refractivity contribution in [2.75, 3.05) is 0 Å². The summed E-state index contributed by atoms with van der Waals surface area (Å²) in [6.07, 6.45) is 1.15. The molecule has 0 aliphatic rings.